The minimum Gasteiger partial charge on any atom is -0.313 e. The molecule has 0 fully saturated rings. The number of hydrogen-bond acceptors (Lipinski definition) is 3. The van der Waals surface area contributed by atoms with E-state index in [4.69, 9.17) is 0 Å². The lowest BCUT2D eigenvalue weighted by Crippen LogP contribution is -2.30. The van der Waals surface area contributed by atoms with Crippen molar-refractivity contribution in [3.63, 3.8) is 0 Å². The number of aromatic amines is 1. The van der Waals surface area contributed by atoms with Crippen molar-refractivity contribution in [2.45, 2.75) is 19.4 Å². The van der Waals surface area contributed by atoms with Gasteiger partial charge in [-0.3, -0.25) is 0 Å². The Morgan fingerprint density at radius 2 is 1.73 bits per heavy atom. The van der Waals surface area contributed by atoms with E-state index in [1.165, 1.54) is 4.68 Å². The third-order valence-electron chi connectivity index (χ3n) is 3.57. The zero-order valence-corrected chi connectivity index (χ0v) is 12.4. The van der Waals surface area contributed by atoms with Gasteiger partial charge in [0.25, 0.3) is 0 Å². The fraction of sp³-hybridized carbons (Fsp3) is 0.176. The monoisotopic (exact) mass is 294 g/mol. The fourth-order valence-electron chi connectivity index (χ4n) is 2.37. The Hall–Kier alpha value is -2.82. The highest BCUT2D eigenvalue weighted by Crippen LogP contribution is 2.13. The van der Waals surface area contributed by atoms with Gasteiger partial charge in [0.2, 0.25) is 0 Å². The summed E-state index contributed by atoms with van der Waals surface area (Å²) >= 11 is 0. The number of hydrogen-bond donors (Lipinski definition) is 2. The molecule has 0 saturated carbocycles. The predicted molar refractivity (Wildman–Crippen MR) is 86.3 cm³/mol. The summed E-state index contributed by atoms with van der Waals surface area (Å²) in [5, 5.41) is 6.63. The van der Waals surface area contributed by atoms with E-state index in [9.17, 15) is 4.79 Å². The summed E-state index contributed by atoms with van der Waals surface area (Å²) in [7, 11) is 0. The molecular weight excluding hydrogens is 276 g/mol. The van der Waals surface area contributed by atoms with Gasteiger partial charge in [0.05, 0.1) is 6.04 Å². The van der Waals surface area contributed by atoms with Crippen LogP contribution < -0.4 is 11.1 Å². The van der Waals surface area contributed by atoms with E-state index in [2.05, 4.69) is 15.6 Å². The van der Waals surface area contributed by atoms with Crippen molar-refractivity contribution in [2.75, 3.05) is 5.43 Å². The van der Waals surface area contributed by atoms with E-state index in [0.29, 0.717) is 12.2 Å². The molecule has 22 heavy (non-hydrogen) atoms. The van der Waals surface area contributed by atoms with E-state index in [1.807, 2.05) is 67.6 Å². The Kier molecular flexibility index (Phi) is 4.05. The molecule has 0 bridgehead atoms. The second-order valence-corrected chi connectivity index (χ2v) is 5.20. The van der Waals surface area contributed by atoms with Gasteiger partial charge in [-0.1, -0.05) is 60.7 Å². The quantitative estimate of drug-likeness (QED) is 0.760. The van der Waals surface area contributed by atoms with Crippen molar-refractivity contribution in [3.8, 4) is 0 Å². The zero-order chi connectivity index (χ0) is 15.4. The van der Waals surface area contributed by atoms with Crippen LogP contribution in [0, 0.1) is 0 Å². The summed E-state index contributed by atoms with van der Waals surface area (Å²) in [6.45, 7) is 2.01. The first-order valence-corrected chi connectivity index (χ1v) is 7.26. The standard InChI is InChI=1S/C17H18N4O/c1-13(15-10-6-3-7-11-15)20-21-16(18-19-17(21)22)12-14-8-4-2-5-9-14/h2-11,13,20H,12H2,1H3,(H,19,22)/t13-/m0/s1. The summed E-state index contributed by atoms with van der Waals surface area (Å²) in [5.41, 5.74) is 5.17. The average Bonchev–Trinajstić information content (AvgIpc) is 2.90. The SMILES string of the molecule is C[C@H](Nn1c(Cc2ccccc2)n[nH]c1=O)c1ccccc1. The van der Waals surface area contributed by atoms with E-state index in [-0.39, 0.29) is 11.7 Å². The maximum Gasteiger partial charge on any atom is 0.362 e. The Labute approximate surface area is 128 Å². The Morgan fingerprint density at radius 3 is 2.41 bits per heavy atom. The van der Waals surface area contributed by atoms with Crippen LogP contribution in [0.2, 0.25) is 0 Å². The number of nitrogens with one attached hydrogen (secondary N) is 2. The summed E-state index contributed by atoms with van der Waals surface area (Å²) < 4.78 is 1.49. The van der Waals surface area contributed by atoms with Gasteiger partial charge in [-0.05, 0) is 18.1 Å². The van der Waals surface area contributed by atoms with Gasteiger partial charge < -0.3 is 5.43 Å². The third kappa shape index (κ3) is 3.09. The molecule has 0 aliphatic rings. The Bertz CT molecular complexity index is 777. The van der Waals surface area contributed by atoms with Crippen molar-refractivity contribution in [2.24, 2.45) is 0 Å². The van der Waals surface area contributed by atoms with Crippen molar-refractivity contribution < 1.29 is 0 Å². The van der Waals surface area contributed by atoms with Crippen LogP contribution in [0.3, 0.4) is 0 Å². The zero-order valence-electron chi connectivity index (χ0n) is 12.4. The molecule has 0 saturated heterocycles. The third-order valence-corrected chi connectivity index (χ3v) is 3.57. The van der Waals surface area contributed by atoms with Crippen molar-refractivity contribution >= 4 is 0 Å². The molecule has 5 heteroatoms. The van der Waals surface area contributed by atoms with Crippen molar-refractivity contribution in [3.05, 3.63) is 88.1 Å². The first-order chi connectivity index (χ1) is 10.7. The molecule has 3 aromatic rings. The first kappa shape index (κ1) is 14.1. The van der Waals surface area contributed by atoms with Crippen LogP contribution in [0.25, 0.3) is 0 Å². The molecule has 1 atom stereocenters. The number of H-pyrrole nitrogens is 1. The molecule has 3 rings (SSSR count). The molecule has 2 aromatic carbocycles. The smallest absolute Gasteiger partial charge is 0.313 e. The second-order valence-electron chi connectivity index (χ2n) is 5.20. The van der Waals surface area contributed by atoms with Crippen molar-refractivity contribution in [1.29, 1.82) is 0 Å². The van der Waals surface area contributed by atoms with Crippen LogP contribution in [0.4, 0.5) is 0 Å². The lowest BCUT2D eigenvalue weighted by molar-refractivity contribution is 0.680. The molecule has 2 N–H and O–H groups in total. The molecule has 0 aliphatic heterocycles. The van der Waals surface area contributed by atoms with Gasteiger partial charge in [-0.25, -0.2) is 9.89 Å². The number of nitrogens with zero attached hydrogens (tertiary/aromatic N) is 2. The molecular formula is C17H18N4O. The Morgan fingerprint density at radius 1 is 1.09 bits per heavy atom. The van der Waals surface area contributed by atoms with Gasteiger partial charge in [0.1, 0.15) is 0 Å². The lowest BCUT2D eigenvalue weighted by atomic mass is 10.1. The topological polar surface area (TPSA) is 62.7 Å². The van der Waals surface area contributed by atoms with Gasteiger partial charge in [-0.2, -0.15) is 9.77 Å². The van der Waals surface area contributed by atoms with Crippen LogP contribution in [0.15, 0.2) is 65.5 Å². The second kappa shape index (κ2) is 6.30. The lowest BCUT2D eigenvalue weighted by Gasteiger charge is -2.16. The Balaban J connectivity index is 1.82. The van der Waals surface area contributed by atoms with Gasteiger partial charge in [-0.15, -0.1) is 0 Å². The number of rotatable bonds is 5. The van der Waals surface area contributed by atoms with Crippen LogP contribution in [0.1, 0.15) is 29.9 Å². The van der Waals surface area contributed by atoms with E-state index < -0.39 is 0 Å². The van der Waals surface area contributed by atoms with Crippen LogP contribution in [-0.4, -0.2) is 14.9 Å². The van der Waals surface area contributed by atoms with Crippen LogP contribution in [0.5, 0.6) is 0 Å². The largest absolute Gasteiger partial charge is 0.362 e. The highest BCUT2D eigenvalue weighted by atomic mass is 16.2. The molecule has 1 heterocycles. The fourth-order valence-corrected chi connectivity index (χ4v) is 2.37. The summed E-state index contributed by atoms with van der Waals surface area (Å²) in [6.07, 6.45) is 0.591. The number of aromatic nitrogens is 3. The highest BCUT2D eigenvalue weighted by Gasteiger charge is 2.12. The molecule has 0 unspecified atom stereocenters. The van der Waals surface area contributed by atoms with E-state index in [1.54, 1.807) is 0 Å². The molecule has 0 spiro atoms. The van der Waals surface area contributed by atoms with Gasteiger partial charge in [0.15, 0.2) is 5.82 Å². The molecule has 1 aromatic heterocycles. The highest BCUT2D eigenvalue weighted by molar-refractivity contribution is 5.22. The summed E-state index contributed by atoms with van der Waals surface area (Å²) in [5.74, 6) is 0.666. The molecule has 0 radical (unpaired) electrons. The van der Waals surface area contributed by atoms with E-state index in [0.717, 1.165) is 11.1 Å². The number of benzene rings is 2. The van der Waals surface area contributed by atoms with Gasteiger partial charge >= 0.3 is 5.69 Å². The molecule has 112 valence electrons. The normalized spacial score (nSPS) is 12.0. The maximum absolute atomic E-state index is 12.0. The molecule has 0 amide bonds. The average molecular weight is 294 g/mol. The molecule has 5 nitrogen and oxygen atoms in total. The predicted octanol–water partition coefficient (Wildman–Crippen LogP) is 2.47. The van der Waals surface area contributed by atoms with Crippen molar-refractivity contribution in [1.82, 2.24) is 14.9 Å². The first-order valence-electron chi connectivity index (χ1n) is 7.26. The minimum absolute atomic E-state index is 0.00558. The maximum atomic E-state index is 12.0. The molecule has 0 aliphatic carbocycles. The van der Waals surface area contributed by atoms with Crippen LogP contribution in [-0.2, 0) is 6.42 Å². The van der Waals surface area contributed by atoms with E-state index >= 15 is 0 Å². The van der Waals surface area contributed by atoms with Crippen LogP contribution >= 0.6 is 0 Å². The summed E-state index contributed by atoms with van der Waals surface area (Å²) in [6, 6.07) is 20.0. The van der Waals surface area contributed by atoms with Gasteiger partial charge in [0, 0.05) is 6.42 Å². The minimum atomic E-state index is -0.256. The summed E-state index contributed by atoms with van der Waals surface area (Å²) in [4.78, 5) is 12.0.